The number of phenols is 4. The van der Waals surface area contributed by atoms with E-state index in [0.29, 0.717) is 85.1 Å². The van der Waals surface area contributed by atoms with Gasteiger partial charge >= 0.3 is 0 Å². The summed E-state index contributed by atoms with van der Waals surface area (Å²) < 4.78 is 18.3. The Morgan fingerprint density at radius 1 is 0.438 bits per heavy atom. The second-order valence-corrected chi connectivity index (χ2v) is 18.2. The molecular formula is C64H66O16. The number of allylic oxidation sites excluding steroid dienone is 3. The first-order valence-electron chi connectivity index (χ1n) is 24.9. The molecule has 7 aromatic rings. The molecular weight excluding hydrogens is 1020 g/mol. The average molecular weight is 1090 g/mol. The zero-order valence-corrected chi connectivity index (χ0v) is 45.5. The van der Waals surface area contributed by atoms with Crippen LogP contribution in [-0.4, -0.2) is 121 Å². The highest BCUT2D eigenvalue weighted by Gasteiger charge is 2.43. The minimum absolute atomic E-state index is 0.0769. The lowest BCUT2D eigenvalue weighted by Crippen LogP contribution is -2.28. The van der Waals surface area contributed by atoms with Crippen molar-refractivity contribution in [2.75, 3.05) is 49.8 Å². The van der Waals surface area contributed by atoms with Crippen LogP contribution in [0, 0.1) is 5.92 Å². The molecule has 0 heterocycles. The van der Waals surface area contributed by atoms with Crippen molar-refractivity contribution < 1.29 is 79.3 Å². The van der Waals surface area contributed by atoms with E-state index in [9.17, 15) is 44.7 Å². The molecule has 9 N–H and O–H groups in total. The third kappa shape index (κ3) is 12.0. The van der Waals surface area contributed by atoms with E-state index in [4.69, 9.17) is 34.6 Å². The zero-order valence-electron chi connectivity index (χ0n) is 45.5. The van der Waals surface area contributed by atoms with Gasteiger partial charge < -0.3 is 60.2 Å². The number of hydrogen-bond donors (Lipinski definition) is 9. The smallest absolute Gasteiger partial charge is 0.150 e. The predicted molar refractivity (Wildman–Crippen MR) is 302 cm³/mol. The molecule has 16 nitrogen and oxygen atoms in total. The Kier molecular flexibility index (Phi) is 21.6. The van der Waals surface area contributed by atoms with Crippen LogP contribution in [0.2, 0.25) is 0 Å². The first-order chi connectivity index (χ1) is 38.8. The highest BCUT2D eigenvalue weighted by molar-refractivity contribution is 5.77. The number of carbonyl (C=O) groups is 4. The van der Waals surface area contributed by atoms with E-state index in [-0.39, 0.29) is 63.4 Å². The molecule has 7 aromatic carbocycles. The van der Waals surface area contributed by atoms with Gasteiger partial charge in [-0.25, -0.2) is 0 Å². The monoisotopic (exact) mass is 1090 g/mol. The summed E-state index contributed by atoms with van der Waals surface area (Å²) >= 11 is 0. The van der Waals surface area contributed by atoms with Crippen molar-refractivity contribution in [3.8, 4) is 34.5 Å². The molecule has 9 rings (SSSR count). The molecule has 80 heavy (non-hydrogen) atoms. The molecule has 16 heteroatoms. The summed E-state index contributed by atoms with van der Waals surface area (Å²) in [6.45, 7) is 1.80. The molecule has 418 valence electrons. The Labute approximate surface area is 464 Å². The third-order valence-electron chi connectivity index (χ3n) is 14.5. The van der Waals surface area contributed by atoms with Crippen LogP contribution in [0.25, 0.3) is 0 Å². The maximum absolute atomic E-state index is 12.4. The number of methoxy groups -OCH3 is 3. The van der Waals surface area contributed by atoms with Crippen LogP contribution in [0.4, 0.5) is 0 Å². The summed E-state index contributed by atoms with van der Waals surface area (Å²) in [7, 11) is 8.40. The Morgan fingerprint density at radius 2 is 0.825 bits per heavy atom. The molecule has 2 aliphatic carbocycles. The predicted octanol–water partition coefficient (Wildman–Crippen LogP) is 9.38. The lowest BCUT2D eigenvalue weighted by Gasteiger charge is -2.38. The van der Waals surface area contributed by atoms with Crippen LogP contribution in [0.5, 0.6) is 34.5 Å². The summed E-state index contributed by atoms with van der Waals surface area (Å²) in [5, 5.41) is 89.8. The molecule has 0 fully saturated rings. The van der Waals surface area contributed by atoms with Crippen LogP contribution >= 0.6 is 0 Å². The van der Waals surface area contributed by atoms with Crippen molar-refractivity contribution in [3.63, 3.8) is 0 Å². The van der Waals surface area contributed by atoms with Crippen LogP contribution < -0.4 is 9.47 Å². The number of benzene rings is 7. The van der Waals surface area contributed by atoms with Crippen LogP contribution in [0.3, 0.4) is 0 Å². The average Bonchev–Trinajstić information content (AvgIpc) is 3.70. The highest BCUT2D eigenvalue weighted by Crippen LogP contribution is 2.56. The molecule has 0 saturated carbocycles. The number of aliphatic hydroxyl groups excluding tert-OH is 5. The van der Waals surface area contributed by atoms with E-state index in [2.05, 4.69) is 0 Å². The second kappa shape index (κ2) is 28.0. The molecule has 5 atom stereocenters. The van der Waals surface area contributed by atoms with E-state index in [1.165, 1.54) is 39.5 Å². The van der Waals surface area contributed by atoms with Crippen molar-refractivity contribution in [2.45, 2.75) is 36.5 Å². The van der Waals surface area contributed by atoms with E-state index >= 15 is 0 Å². The van der Waals surface area contributed by atoms with Gasteiger partial charge in [0.1, 0.15) is 71.2 Å². The molecule has 0 radical (unpaired) electrons. The molecule has 0 aromatic heterocycles. The highest BCUT2D eigenvalue weighted by atomic mass is 16.5. The first-order valence-corrected chi connectivity index (χ1v) is 24.9. The minimum Gasteiger partial charge on any atom is -0.508 e. The minimum atomic E-state index is -1.52. The van der Waals surface area contributed by atoms with E-state index in [0.717, 1.165) is 41.0 Å². The molecule has 0 amide bonds. The number of aromatic hydroxyl groups is 4. The van der Waals surface area contributed by atoms with Crippen LogP contribution in [0.1, 0.15) is 128 Å². The summed E-state index contributed by atoms with van der Waals surface area (Å²) in [5.41, 5.74) is 4.96. The van der Waals surface area contributed by atoms with Gasteiger partial charge in [0.05, 0.1) is 21.3 Å². The summed E-state index contributed by atoms with van der Waals surface area (Å²) in [5.74, 6) is -3.70. The van der Waals surface area contributed by atoms with Gasteiger partial charge in [-0.05, 0) is 59.4 Å². The molecule has 0 spiro atoms. The summed E-state index contributed by atoms with van der Waals surface area (Å²) in [6.07, 6.45) is 4.49. The molecule has 0 aliphatic heterocycles. The molecule has 5 unspecified atom stereocenters. The van der Waals surface area contributed by atoms with Crippen molar-refractivity contribution in [1.29, 1.82) is 0 Å². The maximum Gasteiger partial charge on any atom is 0.150 e. The zero-order chi connectivity index (χ0) is 59.0. The summed E-state index contributed by atoms with van der Waals surface area (Å²) in [4.78, 5) is 48.2. The normalized spacial score (nSPS) is 17.7. The van der Waals surface area contributed by atoms with Crippen molar-refractivity contribution in [2.24, 2.45) is 5.92 Å². The first kappa shape index (κ1) is 61.8. The van der Waals surface area contributed by atoms with Gasteiger partial charge in [-0.2, -0.15) is 0 Å². The fraction of sp³-hybridized carbons (Fsp3) is 0.219. The molecule has 2 aliphatic rings. The Bertz CT molecular complexity index is 3330. The fourth-order valence-corrected chi connectivity index (χ4v) is 10.8. The van der Waals surface area contributed by atoms with Gasteiger partial charge in [0, 0.05) is 137 Å². The SMILES string of the molecule is CO.CO.CO.CO.COC1=CC(O)=C2CC1C(c1ccc(C=O)cc1)c1cc(c(OC)cc1O)C(c1ccc(C=O)cc1)c1cc(c(O)cc1O)C(C)(c1ccc(C=O)cc1)c1cc(c(OC)cc1O)C2c1ccc(C=O)cc1. The number of phenolic OH excluding ortho intramolecular Hbond substituents is 4. The van der Waals surface area contributed by atoms with Crippen LogP contribution in [-0.2, 0) is 10.2 Å². The van der Waals surface area contributed by atoms with Gasteiger partial charge in [0.2, 0.25) is 0 Å². The Hall–Kier alpha value is -9.06. The lowest BCUT2D eigenvalue weighted by atomic mass is 9.66. The van der Waals surface area contributed by atoms with Crippen molar-refractivity contribution in [3.05, 3.63) is 235 Å². The van der Waals surface area contributed by atoms with E-state index in [1.54, 1.807) is 128 Å². The Morgan fingerprint density at radius 3 is 1.27 bits per heavy atom. The standard InChI is InChI=1S/C60H50O12.4CH4O/c1-60(40-19-11-36(32-64)12-20-40)47-23-43(49(65)25-52(47)68)59(39-17-9-35(31-63)10-18-39)45-21-41(50(66)26-55(45)71-3)57(37-13-5-33(29-61)6-14-37)44-22-42(51(67)27-54(44)70-2)58(38-15-7-34(30-62)8-16-38)46-24-48(60)53(69)28-56(46)72-4;4*1-2/h5-21,23-32,44,57-59,65-69H,22H2,1-4H3;4*2H,1H3. The summed E-state index contributed by atoms with van der Waals surface area (Å²) in [6, 6.07) is 36.6. The Balaban J connectivity index is 0.00000141. The topological polar surface area (TPSA) is 278 Å². The quantitative estimate of drug-likeness (QED) is 0.0546. The van der Waals surface area contributed by atoms with Gasteiger partial charge in [0.25, 0.3) is 0 Å². The number of rotatable bonds is 11. The number of hydrogen-bond acceptors (Lipinski definition) is 16. The third-order valence-corrected chi connectivity index (χ3v) is 14.5. The maximum atomic E-state index is 12.4. The van der Waals surface area contributed by atoms with Crippen LogP contribution in [0.15, 0.2) is 157 Å². The van der Waals surface area contributed by atoms with E-state index < -0.39 is 29.1 Å². The van der Waals surface area contributed by atoms with Crippen molar-refractivity contribution in [1.82, 2.24) is 0 Å². The van der Waals surface area contributed by atoms with Gasteiger partial charge in [0.15, 0.2) is 0 Å². The van der Waals surface area contributed by atoms with Gasteiger partial charge in [-0.15, -0.1) is 0 Å². The number of aldehydes is 4. The second-order valence-electron chi connectivity index (χ2n) is 18.2. The van der Waals surface area contributed by atoms with Crippen molar-refractivity contribution >= 4 is 25.1 Å². The van der Waals surface area contributed by atoms with Gasteiger partial charge in [-0.3, -0.25) is 19.2 Å². The molecule has 0 saturated heterocycles. The lowest BCUT2D eigenvalue weighted by molar-refractivity contribution is 0.111. The number of carbonyl (C=O) groups excluding carboxylic acids is 4. The number of ether oxygens (including phenoxy) is 3. The number of fused-ring (bicyclic) bond motifs is 8. The number of aliphatic hydroxyl groups is 5. The van der Waals surface area contributed by atoms with E-state index in [1.807, 2.05) is 0 Å². The fourth-order valence-electron chi connectivity index (χ4n) is 10.8. The largest absolute Gasteiger partial charge is 0.508 e. The molecule has 8 bridgehead atoms. The van der Waals surface area contributed by atoms with Gasteiger partial charge in [-0.1, -0.05) is 97.1 Å².